The minimum Gasteiger partial charge on any atom is -0.378 e. The number of halogens is 1. The fourth-order valence-corrected chi connectivity index (χ4v) is 2.69. The van der Waals surface area contributed by atoms with Gasteiger partial charge in [-0.25, -0.2) is 4.98 Å². The van der Waals surface area contributed by atoms with E-state index in [2.05, 4.69) is 31.2 Å². The van der Waals surface area contributed by atoms with Gasteiger partial charge in [0.1, 0.15) is 11.9 Å². The molecule has 0 aliphatic carbocycles. The van der Waals surface area contributed by atoms with Crippen LogP contribution in [0.4, 0.5) is 11.4 Å². The third-order valence-electron chi connectivity index (χ3n) is 2.43. The summed E-state index contributed by atoms with van der Waals surface area (Å²) in [5.74, 6) is 0. The van der Waals surface area contributed by atoms with Gasteiger partial charge >= 0.3 is 5.69 Å². The number of hydrogen-bond acceptors (Lipinski definition) is 6. The van der Waals surface area contributed by atoms with Gasteiger partial charge in [-0.2, -0.15) is 0 Å². The van der Waals surface area contributed by atoms with E-state index in [0.29, 0.717) is 16.7 Å². The minimum atomic E-state index is -0.451. The molecule has 2 aromatic rings. The summed E-state index contributed by atoms with van der Waals surface area (Å²) in [7, 11) is 0. The van der Waals surface area contributed by atoms with Crippen LogP contribution in [0.1, 0.15) is 10.7 Å². The van der Waals surface area contributed by atoms with Gasteiger partial charge in [-0.05, 0) is 22.9 Å². The van der Waals surface area contributed by atoms with Crippen molar-refractivity contribution in [3.63, 3.8) is 0 Å². The SMILES string of the molecule is Cc1nc(CCNc2c(Br)cncc2[N+](=O)[O-])cs1. The first-order chi connectivity index (χ1) is 9.08. The van der Waals surface area contributed by atoms with Crippen LogP contribution in [-0.4, -0.2) is 21.4 Å². The number of thiazole rings is 1. The monoisotopic (exact) mass is 342 g/mol. The molecule has 2 aromatic heterocycles. The highest BCUT2D eigenvalue weighted by Crippen LogP contribution is 2.30. The summed E-state index contributed by atoms with van der Waals surface area (Å²) < 4.78 is 0.580. The van der Waals surface area contributed by atoms with Gasteiger partial charge < -0.3 is 5.32 Å². The molecule has 8 heteroatoms. The molecule has 0 saturated heterocycles. The Kier molecular flexibility index (Phi) is 4.43. The molecule has 0 bridgehead atoms. The first kappa shape index (κ1) is 13.9. The van der Waals surface area contributed by atoms with Crippen molar-refractivity contribution in [2.75, 3.05) is 11.9 Å². The standard InChI is InChI=1S/C11H11BrN4O2S/c1-7-15-8(6-19-7)2-3-14-11-9(12)4-13-5-10(11)16(17)18/h4-6H,2-3H2,1H3,(H,13,14). The van der Waals surface area contributed by atoms with Gasteiger partial charge in [0, 0.05) is 24.5 Å². The van der Waals surface area contributed by atoms with E-state index in [0.717, 1.165) is 17.1 Å². The summed E-state index contributed by atoms with van der Waals surface area (Å²) in [5, 5.41) is 17.0. The highest BCUT2D eigenvalue weighted by atomic mass is 79.9. The number of rotatable bonds is 5. The molecule has 2 rings (SSSR count). The molecule has 0 amide bonds. The van der Waals surface area contributed by atoms with Gasteiger partial charge in [-0.3, -0.25) is 15.1 Å². The highest BCUT2D eigenvalue weighted by Gasteiger charge is 2.16. The number of nitrogens with zero attached hydrogens (tertiary/aromatic N) is 3. The molecular formula is C11H11BrN4O2S. The minimum absolute atomic E-state index is 0.0381. The molecule has 0 atom stereocenters. The number of aromatic nitrogens is 2. The first-order valence-electron chi connectivity index (χ1n) is 5.50. The van der Waals surface area contributed by atoms with Crippen LogP contribution in [0.15, 0.2) is 22.2 Å². The topological polar surface area (TPSA) is 81.0 Å². The molecule has 2 heterocycles. The van der Waals surface area contributed by atoms with Crippen LogP contribution in [0.5, 0.6) is 0 Å². The molecule has 0 unspecified atom stereocenters. The average Bonchev–Trinajstić information content (AvgIpc) is 2.77. The highest BCUT2D eigenvalue weighted by molar-refractivity contribution is 9.10. The largest absolute Gasteiger partial charge is 0.378 e. The molecule has 0 spiro atoms. The van der Waals surface area contributed by atoms with E-state index in [1.807, 2.05) is 12.3 Å². The van der Waals surface area contributed by atoms with Crippen LogP contribution in [0.2, 0.25) is 0 Å². The van der Waals surface area contributed by atoms with Crippen LogP contribution >= 0.6 is 27.3 Å². The Morgan fingerprint density at radius 1 is 1.53 bits per heavy atom. The molecule has 19 heavy (non-hydrogen) atoms. The van der Waals surface area contributed by atoms with Crippen molar-refractivity contribution in [2.24, 2.45) is 0 Å². The zero-order valence-corrected chi connectivity index (χ0v) is 12.5. The maximum atomic E-state index is 10.9. The second kappa shape index (κ2) is 6.07. The quantitative estimate of drug-likeness (QED) is 0.666. The Hall–Kier alpha value is -1.54. The van der Waals surface area contributed by atoms with Crippen molar-refractivity contribution < 1.29 is 4.92 Å². The van der Waals surface area contributed by atoms with E-state index in [-0.39, 0.29) is 5.69 Å². The van der Waals surface area contributed by atoms with E-state index < -0.39 is 4.92 Å². The lowest BCUT2D eigenvalue weighted by Crippen LogP contribution is -2.08. The van der Waals surface area contributed by atoms with Gasteiger partial charge in [-0.1, -0.05) is 0 Å². The van der Waals surface area contributed by atoms with E-state index in [1.54, 1.807) is 11.3 Å². The van der Waals surface area contributed by atoms with Gasteiger partial charge in [0.15, 0.2) is 0 Å². The Bertz CT molecular complexity index is 602. The van der Waals surface area contributed by atoms with Crippen LogP contribution in [0, 0.1) is 17.0 Å². The molecule has 0 radical (unpaired) electrons. The van der Waals surface area contributed by atoms with E-state index in [9.17, 15) is 10.1 Å². The van der Waals surface area contributed by atoms with E-state index in [1.165, 1.54) is 12.4 Å². The number of nitro groups is 1. The molecule has 0 aliphatic rings. The van der Waals surface area contributed by atoms with E-state index >= 15 is 0 Å². The lowest BCUT2D eigenvalue weighted by molar-refractivity contribution is -0.384. The Balaban J connectivity index is 2.05. The molecule has 100 valence electrons. The first-order valence-corrected chi connectivity index (χ1v) is 7.18. The molecule has 6 nitrogen and oxygen atoms in total. The third-order valence-corrected chi connectivity index (χ3v) is 3.85. The van der Waals surface area contributed by atoms with Crippen LogP contribution in [0.25, 0.3) is 0 Å². The Labute approximate surface area is 122 Å². The average molecular weight is 343 g/mol. The number of pyridine rings is 1. The molecule has 0 saturated carbocycles. The number of nitrogens with one attached hydrogen (secondary N) is 1. The predicted molar refractivity (Wildman–Crippen MR) is 77.6 cm³/mol. The summed E-state index contributed by atoms with van der Waals surface area (Å²) in [6.45, 7) is 2.53. The van der Waals surface area contributed by atoms with Crippen LogP contribution in [-0.2, 0) is 6.42 Å². The van der Waals surface area contributed by atoms with E-state index in [4.69, 9.17) is 0 Å². The predicted octanol–water partition coefficient (Wildman–Crippen LogP) is 3.17. The van der Waals surface area contributed by atoms with Gasteiger partial charge in [-0.15, -0.1) is 11.3 Å². The van der Waals surface area contributed by atoms with Crippen molar-refractivity contribution in [1.82, 2.24) is 9.97 Å². The molecule has 0 aromatic carbocycles. The fourth-order valence-electron chi connectivity index (χ4n) is 1.58. The summed E-state index contributed by atoms with van der Waals surface area (Å²) in [4.78, 5) is 18.6. The van der Waals surface area contributed by atoms with Gasteiger partial charge in [0.2, 0.25) is 0 Å². The number of aryl methyl sites for hydroxylation is 1. The van der Waals surface area contributed by atoms with Crippen LogP contribution in [0.3, 0.4) is 0 Å². The zero-order valence-electron chi connectivity index (χ0n) is 10.1. The van der Waals surface area contributed by atoms with Gasteiger partial charge in [0.05, 0.1) is 20.1 Å². The molecule has 0 aliphatic heterocycles. The third kappa shape index (κ3) is 3.48. The van der Waals surface area contributed by atoms with Crippen molar-refractivity contribution >= 4 is 38.6 Å². The lowest BCUT2D eigenvalue weighted by atomic mass is 10.3. The zero-order chi connectivity index (χ0) is 13.8. The smallest absolute Gasteiger partial charge is 0.311 e. The summed E-state index contributed by atoms with van der Waals surface area (Å²) in [6, 6.07) is 0. The Morgan fingerprint density at radius 2 is 2.32 bits per heavy atom. The van der Waals surface area contributed by atoms with Gasteiger partial charge in [0.25, 0.3) is 0 Å². The lowest BCUT2D eigenvalue weighted by Gasteiger charge is -2.07. The maximum absolute atomic E-state index is 10.9. The molecule has 1 N–H and O–H groups in total. The van der Waals surface area contributed by atoms with Crippen molar-refractivity contribution in [3.05, 3.63) is 43.1 Å². The maximum Gasteiger partial charge on any atom is 0.311 e. The number of hydrogen-bond donors (Lipinski definition) is 1. The second-order valence-corrected chi connectivity index (χ2v) is 5.72. The Morgan fingerprint density at radius 3 is 2.95 bits per heavy atom. The summed E-state index contributed by atoms with van der Waals surface area (Å²) in [5.41, 5.74) is 1.40. The van der Waals surface area contributed by atoms with Crippen molar-refractivity contribution in [1.29, 1.82) is 0 Å². The second-order valence-electron chi connectivity index (χ2n) is 3.81. The van der Waals surface area contributed by atoms with Crippen LogP contribution < -0.4 is 5.32 Å². The van der Waals surface area contributed by atoms with Crippen molar-refractivity contribution in [2.45, 2.75) is 13.3 Å². The fraction of sp³-hybridized carbons (Fsp3) is 0.273. The normalized spacial score (nSPS) is 10.4. The van der Waals surface area contributed by atoms with Crippen molar-refractivity contribution in [3.8, 4) is 0 Å². The summed E-state index contributed by atoms with van der Waals surface area (Å²) >= 11 is 4.86. The summed E-state index contributed by atoms with van der Waals surface area (Å²) in [6.07, 6.45) is 3.48. The number of anilines is 1. The molecular weight excluding hydrogens is 332 g/mol. The molecule has 0 fully saturated rings.